The van der Waals surface area contributed by atoms with Gasteiger partial charge in [-0.3, -0.25) is 0 Å². The van der Waals surface area contributed by atoms with Crippen molar-refractivity contribution in [3.8, 4) is 0 Å². The molecule has 4 fully saturated rings. The minimum atomic E-state index is -0.497. The van der Waals surface area contributed by atoms with Crippen LogP contribution >= 0.6 is 0 Å². The second kappa shape index (κ2) is 7.02. The van der Waals surface area contributed by atoms with Crippen molar-refractivity contribution in [3.63, 3.8) is 0 Å². The van der Waals surface area contributed by atoms with Crippen LogP contribution in [0.4, 0.5) is 0 Å². The SMILES string of the molecule is CO/N=C/CC[C@H]1CC[C@]2(O)[C@@H]3CC[C@@H]4C[C@@H](O)CC[C@]4(C)[C@H]3CC[C@]12C. The van der Waals surface area contributed by atoms with Crippen molar-refractivity contribution in [2.75, 3.05) is 7.11 Å². The standard InChI is InChI=1S/C23H39NO3/c1-21-11-9-18(25)15-17(21)6-7-20-19(21)10-12-22(2)16(5-4-14-24-27-3)8-13-23(20,22)26/h14,16-20,25-26H,4-13,15H2,1-3H3/b24-14+/t16-,17+,18-,19-,20+,21-,22+,23-/m0/s1. The summed E-state index contributed by atoms with van der Waals surface area (Å²) in [7, 11) is 1.59. The molecule has 2 N–H and O–H groups in total. The van der Waals surface area contributed by atoms with Gasteiger partial charge in [-0.1, -0.05) is 19.0 Å². The average Bonchev–Trinajstić information content (AvgIpc) is 2.91. The Morgan fingerprint density at radius 3 is 2.63 bits per heavy atom. The van der Waals surface area contributed by atoms with Crippen LogP contribution in [-0.2, 0) is 4.84 Å². The molecule has 0 aromatic heterocycles. The summed E-state index contributed by atoms with van der Waals surface area (Å²) < 4.78 is 0. The van der Waals surface area contributed by atoms with Gasteiger partial charge in [-0.25, -0.2) is 0 Å². The number of aliphatic hydroxyl groups excluding tert-OH is 1. The van der Waals surface area contributed by atoms with E-state index in [0.717, 1.165) is 57.8 Å². The molecule has 0 heterocycles. The van der Waals surface area contributed by atoms with Crippen molar-refractivity contribution in [2.24, 2.45) is 39.7 Å². The molecule has 0 bridgehead atoms. The second-order valence-electron chi connectivity index (χ2n) is 10.6. The Kier molecular flexibility index (Phi) is 5.12. The van der Waals surface area contributed by atoms with E-state index in [1.807, 2.05) is 6.21 Å². The van der Waals surface area contributed by atoms with Crippen LogP contribution < -0.4 is 0 Å². The quantitative estimate of drug-likeness (QED) is 0.559. The third-order valence-electron chi connectivity index (χ3n) is 9.84. The molecule has 4 saturated carbocycles. The van der Waals surface area contributed by atoms with E-state index in [1.165, 1.54) is 12.8 Å². The van der Waals surface area contributed by atoms with Gasteiger partial charge in [0.2, 0.25) is 0 Å². The highest BCUT2D eigenvalue weighted by atomic mass is 16.6. The minimum absolute atomic E-state index is 0.0481. The first-order valence-electron chi connectivity index (χ1n) is 11.3. The lowest BCUT2D eigenvalue weighted by Crippen LogP contribution is -2.62. The Morgan fingerprint density at radius 2 is 1.85 bits per heavy atom. The highest BCUT2D eigenvalue weighted by Gasteiger charge is 2.66. The van der Waals surface area contributed by atoms with E-state index >= 15 is 0 Å². The average molecular weight is 378 g/mol. The summed E-state index contributed by atoms with van der Waals surface area (Å²) >= 11 is 0. The van der Waals surface area contributed by atoms with E-state index < -0.39 is 5.60 Å². The Labute approximate surface area is 164 Å². The molecule has 0 spiro atoms. The lowest BCUT2D eigenvalue weighted by molar-refractivity contribution is -0.210. The lowest BCUT2D eigenvalue weighted by Gasteiger charge is -2.63. The largest absolute Gasteiger partial charge is 0.399 e. The maximum Gasteiger partial charge on any atom is 0.106 e. The van der Waals surface area contributed by atoms with Gasteiger partial charge in [0.15, 0.2) is 0 Å². The second-order valence-corrected chi connectivity index (χ2v) is 10.6. The summed E-state index contributed by atoms with van der Waals surface area (Å²) in [6.07, 6.45) is 13.8. The molecule has 0 unspecified atom stereocenters. The fraction of sp³-hybridized carbons (Fsp3) is 0.957. The van der Waals surface area contributed by atoms with Crippen molar-refractivity contribution in [1.29, 1.82) is 0 Å². The number of fused-ring (bicyclic) bond motifs is 5. The topological polar surface area (TPSA) is 62.0 Å². The van der Waals surface area contributed by atoms with Crippen molar-refractivity contribution >= 4 is 6.21 Å². The smallest absolute Gasteiger partial charge is 0.106 e. The van der Waals surface area contributed by atoms with Crippen LogP contribution in [0.3, 0.4) is 0 Å². The molecule has 0 aliphatic heterocycles. The normalized spacial score (nSPS) is 52.3. The predicted molar refractivity (Wildman–Crippen MR) is 107 cm³/mol. The van der Waals surface area contributed by atoms with Gasteiger partial charge in [0.25, 0.3) is 0 Å². The van der Waals surface area contributed by atoms with Crippen LogP contribution in [0, 0.1) is 34.5 Å². The summed E-state index contributed by atoms with van der Waals surface area (Å²) in [5, 5.41) is 26.2. The molecule has 4 aliphatic carbocycles. The highest BCUT2D eigenvalue weighted by molar-refractivity contribution is 5.56. The molecule has 154 valence electrons. The van der Waals surface area contributed by atoms with Crippen LogP contribution in [0.25, 0.3) is 0 Å². The first kappa shape index (κ1) is 19.7. The summed E-state index contributed by atoms with van der Waals surface area (Å²) in [6.45, 7) is 4.87. The Balaban J connectivity index is 1.54. The molecule has 4 aliphatic rings. The first-order chi connectivity index (χ1) is 12.8. The minimum Gasteiger partial charge on any atom is -0.399 e. The van der Waals surface area contributed by atoms with Crippen LogP contribution in [-0.4, -0.2) is 35.2 Å². The summed E-state index contributed by atoms with van der Waals surface area (Å²) in [4.78, 5) is 4.80. The van der Waals surface area contributed by atoms with Crippen molar-refractivity contribution < 1.29 is 15.1 Å². The molecule has 4 rings (SSSR count). The third kappa shape index (κ3) is 2.88. The number of hydrogen-bond donors (Lipinski definition) is 2. The molecule has 4 nitrogen and oxygen atoms in total. The third-order valence-corrected chi connectivity index (χ3v) is 9.84. The van der Waals surface area contributed by atoms with Crippen LogP contribution in [0.2, 0.25) is 0 Å². The number of rotatable bonds is 4. The van der Waals surface area contributed by atoms with Gasteiger partial charge in [-0.05, 0) is 105 Å². The molecule has 8 atom stereocenters. The van der Waals surface area contributed by atoms with E-state index in [0.29, 0.717) is 29.1 Å². The molecule has 4 heteroatoms. The highest BCUT2D eigenvalue weighted by Crippen LogP contribution is 2.69. The van der Waals surface area contributed by atoms with Gasteiger partial charge in [0.05, 0.1) is 11.7 Å². The van der Waals surface area contributed by atoms with Crippen molar-refractivity contribution in [1.82, 2.24) is 0 Å². The monoisotopic (exact) mass is 377 g/mol. The fourth-order valence-electron chi connectivity index (χ4n) is 8.18. The predicted octanol–water partition coefficient (Wildman–Crippen LogP) is 4.53. The zero-order valence-electron chi connectivity index (χ0n) is 17.5. The molecular formula is C23H39NO3. The summed E-state index contributed by atoms with van der Waals surface area (Å²) in [6, 6.07) is 0. The zero-order chi connectivity index (χ0) is 19.3. The number of nitrogens with zero attached hydrogens (tertiary/aromatic N) is 1. The Hall–Kier alpha value is -0.610. The molecule has 0 aromatic carbocycles. The first-order valence-corrected chi connectivity index (χ1v) is 11.3. The molecule has 0 radical (unpaired) electrons. The number of oxime groups is 1. The van der Waals surface area contributed by atoms with E-state index in [2.05, 4.69) is 19.0 Å². The van der Waals surface area contributed by atoms with Gasteiger partial charge in [-0.2, -0.15) is 0 Å². The summed E-state index contributed by atoms with van der Waals surface area (Å²) in [5.41, 5.74) is -0.127. The molecule has 27 heavy (non-hydrogen) atoms. The number of aliphatic hydroxyl groups is 2. The zero-order valence-corrected chi connectivity index (χ0v) is 17.5. The Bertz CT molecular complexity index is 580. The van der Waals surface area contributed by atoms with E-state index in [9.17, 15) is 10.2 Å². The Morgan fingerprint density at radius 1 is 1.04 bits per heavy atom. The van der Waals surface area contributed by atoms with Crippen molar-refractivity contribution in [2.45, 2.75) is 96.2 Å². The maximum absolute atomic E-state index is 12.1. The fourth-order valence-corrected chi connectivity index (χ4v) is 8.18. The molecule has 0 aromatic rings. The van der Waals surface area contributed by atoms with Crippen molar-refractivity contribution in [3.05, 3.63) is 0 Å². The summed E-state index contributed by atoms with van der Waals surface area (Å²) in [5.74, 6) is 2.32. The van der Waals surface area contributed by atoms with Gasteiger partial charge in [0.1, 0.15) is 7.11 Å². The van der Waals surface area contributed by atoms with E-state index in [-0.39, 0.29) is 11.5 Å². The van der Waals surface area contributed by atoms with Gasteiger partial charge in [0, 0.05) is 6.21 Å². The van der Waals surface area contributed by atoms with Crippen LogP contribution in [0.15, 0.2) is 5.16 Å². The molecule has 0 amide bonds. The van der Waals surface area contributed by atoms with Gasteiger partial charge in [-0.15, -0.1) is 0 Å². The maximum atomic E-state index is 12.1. The van der Waals surface area contributed by atoms with E-state index in [1.54, 1.807) is 7.11 Å². The van der Waals surface area contributed by atoms with E-state index in [4.69, 9.17) is 4.84 Å². The lowest BCUT2D eigenvalue weighted by atomic mass is 9.43. The van der Waals surface area contributed by atoms with Gasteiger partial charge >= 0.3 is 0 Å². The molecular weight excluding hydrogens is 338 g/mol. The number of hydrogen-bond acceptors (Lipinski definition) is 4. The molecule has 0 saturated heterocycles. The van der Waals surface area contributed by atoms with Gasteiger partial charge < -0.3 is 15.1 Å². The van der Waals surface area contributed by atoms with Crippen LogP contribution in [0.1, 0.15) is 84.5 Å². The van der Waals surface area contributed by atoms with Crippen LogP contribution in [0.5, 0.6) is 0 Å².